The van der Waals surface area contributed by atoms with Crippen molar-refractivity contribution in [2.75, 3.05) is 19.0 Å². The predicted octanol–water partition coefficient (Wildman–Crippen LogP) is 3.18. The fourth-order valence-corrected chi connectivity index (χ4v) is 4.26. The lowest BCUT2D eigenvalue weighted by molar-refractivity contribution is -0.148. The van der Waals surface area contributed by atoms with Crippen molar-refractivity contribution < 1.29 is 14.3 Å². The van der Waals surface area contributed by atoms with E-state index in [4.69, 9.17) is 4.74 Å². The molecule has 27 heavy (non-hydrogen) atoms. The van der Waals surface area contributed by atoms with Crippen LogP contribution in [0, 0.1) is 0 Å². The lowest BCUT2D eigenvalue weighted by Crippen LogP contribution is -2.64. The van der Waals surface area contributed by atoms with Crippen LogP contribution in [0.3, 0.4) is 0 Å². The van der Waals surface area contributed by atoms with Gasteiger partial charge in [0.1, 0.15) is 11.3 Å². The lowest BCUT2D eigenvalue weighted by Gasteiger charge is -2.48. The maximum absolute atomic E-state index is 13.2. The molecule has 2 aliphatic rings. The number of anilines is 1. The zero-order chi connectivity index (χ0) is 18.9. The van der Waals surface area contributed by atoms with Crippen molar-refractivity contribution in [2.45, 2.75) is 37.6 Å². The molecule has 5 nitrogen and oxygen atoms in total. The van der Waals surface area contributed by atoms with Gasteiger partial charge in [-0.15, -0.1) is 0 Å². The number of methoxy groups -OCH3 is 1. The first-order valence-corrected chi connectivity index (χ1v) is 9.45. The van der Waals surface area contributed by atoms with Crippen LogP contribution in [0.1, 0.15) is 30.4 Å². The molecule has 5 heteroatoms. The van der Waals surface area contributed by atoms with Gasteiger partial charge >= 0.3 is 0 Å². The zero-order valence-electron chi connectivity index (χ0n) is 15.5. The van der Waals surface area contributed by atoms with E-state index in [0.29, 0.717) is 25.8 Å². The monoisotopic (exact) mass is 364 g/mol. The first kappa shape index (κ1) is 17.6. The Morgan fingerprint density at radius 1 is 1.15 bits per heavy atom. The van der Waals surface area contributed by atoms with Crippen LogP contribution in [0.4, 0.5) is 5.69 Å². The van der Waals surface area contributed by atoms with Gasteiger partial charge in [-0.05, 0) is 48.6 Å². The van der Waals surface area contributed by atoms with E-state index in [9.17, 15) is 9.59 Å². The average molecular weight is 364 g/mol. The number of hydrogen-bond acceptors (Lipinski definition) is 3. The maximum atomic E-state index is 13.2. The minimum Gasteiger partial charge on any atom is -0.497 e. The Morgan fingerprint density at radius 2 is 1.93 bits per heavy atom. The standard InChI is InChI=1S/C22H24N2O3/c1-27-18-10-8-16(9-11-18)14-20(25)24-13-5-4-12-22(24)15-17-6-2-3-7-19(17)23-21(22)26/h2-3,6-11H,4-5,12-15H2,1H3,(H,23,26). The van der Waals surface area contributed by atoms with Gasteiger partial charge in [-0.25, -0.2) is 0 Å². The molecule has 1 N–H and O–H groups in total. The third-order valence-electron chi connectivity index (χ3n) is 5.73. The van der Waals surface area contributed by atoms with E-state index in [1.165, 1.54) is 0 Å². The Labute approximate surface area is 159 Å². The SMILES string of the molecule is COc1ccc(CC(=O)N2CCCCC23Cc2ccccc2NC3=O)cc1. The summed E-state index contributed by atoms with van der Waals surface area (Å²) in [5.41, 5.74) is 2.12. The zero-order valence-corrected chi connectivity index (χ0v) is 15.5. The second-order valence-electron chi connectivity index (χ2n) is 7.35. The van der Waals surface area contributed by atoms with Gasteiger partial charge < -0.3 is 15.0 Å². The molecule has 0 radical (unpaired) electrons. The molecule has 2 amide bonds. The van der Waals surface area contributed by atoms with Crippen LogP contribution in [-0.2, 0) is 22.4 Å². The summed E-state index contributed by atoms with van der Waals surface area (Å²) in [5, 5.41) is 3.03. The lowest BCUT2D eigenvalue weighted by atomic mass is 9.77. The Morgan fingerprint density at radius 3 is 2.70 bits per heavy atom. The van der Waals surface area contributed by atoms with Gasteiger partial charge in [0, 0.05) is 18.7 Å². The van der Waals surface area contributed by atoms with Crippen LogP contribution in [0.15, 0.2) is 48.5 Å². The molecule has 1 atom stereocenters. The number of para-hydroxylation sites is 1. The van der Waals surface area contributed by atoms with Gasteiger partial charge in [0.05, 0.1) is 13.5 Å². The fraction of sp³-hybridized carbons (Fsp3) is 0.364. The smallest absolute Gasteiger partial charge is 0.250 e. The third kappa shape index (κ3) is 3.18. The van der Waals surface area contributed by atoms with Crippen LogP contribution >= 0.6 is 0 Å². The fourth-order valence-electron chi connectivity index (χ4n) is 4.26. The Bertz CT molecular complexity index is 862. The molecule has 1 spiro atoms. The van der Waals surface area contributed by atoms with Crippen LogP contribution < -0.4 is 10.1 Å². The third-order valence-corrected chi connectivity index (χ3v) is 5.73. The highest BCUT2D eigenvalue weighted by atomic mass is 16.5. The number of ether oxygens (including phenoxy) is 1. The second kappa shape index (κ2) is 7.06. The van der Waals surface area contributed by atoms with E-state index in [0.717, 1.165) is 35.4 Å². The first-order chi connectivity index (χ1) is 13.1. The van der Waals surface area contributed by atoms with Crippen LogP contribution in [0.25, 0.3) is 0 Å². The summed E-state index contributed by atoms with van der Waals surface area (Å²) < 4.78 is 5.18. The molecule has 2 aliphatic heterocycles. The normalized spacial score (nSPS) is 21.5. The molecule has 0 aliphatic carbocycles. The summed E-state index contributed by atoms with van der Waals surface area (Å²) in [6, 6.07) is 15.4. The molecule has 4 rings (SSSR count). The van der Waals surface area contributed by atoms with Crippen LogP contribution in [0.2, 0.25) is 0 Å². The topological polar surface area (TPSA) is 58.6 Å². The van der Waals surface area contributed by atoms with Crippen LogP contribution in [-0.4, -0.2) is 35.9 Å². The van der Waals surface area contributed by atoms with E-state index < -0.39 is 5.54 Å². The minimum atomic E-state index is -0.768. The molecule has 0 saturated carbocycles. The van der Waals surface area contributed by atoms with Crippen molar-refractivity contribution in [3.63, 3.8) is 0 Å². The van der Waals surface area contributed by atoms with Crippen molar-refractivity contribution >= 4 is 17.5 Å². The summed E-state index contributed by atoms with van der Waals surface area (Å²) in [6.45, 7) is 0.630. The summed E-state index contributed by atoms with van der Waals surface area (Å²) in [5.74, 6) is 0.724. The van der Waals surface area contributed by atoms with Crippen molar-refractivity contribution in [3.8, 4) is 5.75 Å². The highest BCUT2D eigenvalue weighted by Crippen LogP contribution is 2.38. The van der Waals surface area contributed by atoms with Crippen molar-refractivity contribution in [3.05, 3.63) is 59.7 Å². The summed E-state index contributed by atoms with van der Waals surface area (Å²) >= 11 is 0. The van der Waals surface area contributed by atoms with Gasteiger partial charge in [0.2, 0.25) is 5.91 Å². The van der Waals surface area contributed by atoms with E-state index in [1.807, 2.05) is 53.4 Å². The Balaban J connectivity index is 1.60. The summed E-state index contributed by atoms with van der Waals surface area (Å²) in [4.78, 5) is 28.1. The maximum Gasteiger partial charge on any atom is 0.250 e. The molecule has 0 bridgehead atoms. The van der Waals surface area contributed by atoms with Gasteiger partial charge in [-0.2, -0.15) is 0 Å². The number of piperidine rings is 1. The molecular formula is C22H24N2O3. The van der Waals surface area contributed by atoms with Crippen molar-refractivity contribution in [1.29, 1.82) is 0 Å². The van der Waals surface area contributed by atoms with E-state index in [2.05, 4.69) is 5.32 Å². The molecule has 1 saturated heterocycles. The predicted molar refractivity (Wildman–Crippen MR) is 104 cm³/mol. The Kier molecular flexibility index (Phi) is 4.60. The summed E-state index contributed by atoms with van der Waals surface area (Å²) in [6.07, 6.45) is 3.48. The number of rotatable bonds is 3. The molecule has 1 unspecified atom stereocenters. The molecule has 1 fully saturated rings. The number of amides is 2. The van der Waals surface area contributed by atoms with Crippen molar-refractivity contribution in [1.82, 2.24) is 4.90 Å². The largest absolute Gasteiger partial charge is 0.497 e. The number of carbonyl (C=O) groups is 2. The van der Waals surface area contributed by atoms with Gasteiger partial charge in [-0.3, -0.25) is 9.59 Å². The number of carbonyl (C=O) groups excluding carboxylic acids is 2. The first-order valence-electron chi connectivity index (χ1n) is 9.45. The number of nitrogens with one attached hydrogen (secondary N) is 1. The number of nitrogens with zero attached hydrogens (tertiary/aromatic N) is 1. The molecule has 2 heterocycles. The number of fused-ring (bicyclic) bond motifs is 1. The van der Waals surface area contributed by atoms with Gasteiger partial charge in [-0.1, -0.05) is 30.3 Å². The molecular weight excluding hydrogens is 340 g/mol. The molecule has 2 aromatic rings. The molecule has 140 valence electrons. The Hall–Kier alpha value is -2.82. The second-order valence-corrected chi connectivity index (χ2v) is 7.35. The van der Waals surface area contributed by atoms with E-state index in [1.54, 1.807) is 7.11 Å². The highest BCUT2D eigenvalue weighted by molar-refractivity contribution is 6.03. The summed E-state index contributed by atoms with van der Waals surface area (Å²) in [7, 11) is 1.62. The minimum absolute atomic E-state index is 0.00870. The number of benzene rings is 2. The number of hydrogen-bond donors (Lipinski definition) is 1. The van der Waals surface area contributed by atoms with Crippen LogP contribution in [0.5, 0.6) is 5.75 Å². The van der Waals surface area contributed by atoms with Gasteiger partial charge in [0.15, 0.2) is 0 Å². The molecule has 2 aromatic carbocycles. The van der Waals surface area contributed by atoms with Crippen molar-refractivity contribution in [2.24, 2.45) is 0 Å². The van der Waals surface area contributed by atoms with E-state index in [-0.39, 0.29) is 11.8 Å². The molecule has 0 aromatic heterocycles. The average Bonchev–Trinajstić information content (AvgIpc) is 2.70. The highest BCUT2D eigenvalue weighted by Gasteiger charge is 2.49. The quantitative estimate of drug-likeness (QED) is 0.910. The van der Waals surface area contributed by atoms with Gasteiger partial charge in [0.25, 0.3) is 5.91 Å². The number of likely N-dealkylation sites (tertiary alicyclic amines) is 1. The van der Waals surface area contributed by atoms with E-state index >= 15 is 0 Å².